The molecule has 0 aliphatic carbocycles. The van der Waals surface area contributed by atoms with Crippen LogP contribution in [0.15, 0.2) is 0 Å². The second kappa shape index (κ2) is 5.99. The molecule has 8 nitrogen and oxygen atoms in total. The topological polar surface area (TPSA) is 116 Å². The summed E-state index contributed by atoms with van der Waals surface area (Å²) in [6, 6.07) is -1.53. The fraction of sp³-hybridized carbons (Fsp3) is 0.600. The molecule has 0 saturated carbocycles. The minimum Gasteiger partial charge on any atom is -0.345 e. The van der Waals surface area contributed by atoms with Crippen LogP contribution >= 0.6 is 0 Å². The molecular weight excluding hydrogens is 240 g/mol. The number of rotatable bonds is 0. The van der Waals surface area contributed by atoms with E-state index in [4.69, 9.17) is 0 Å². The van der Waals surface area contributed by atoms with Gasteiger partial charge in [0.1, 0.15) is 12.1 Å². The monoisotopic (exact) mass is 256 g/mol. The molecule has 1 aliphatic rings. The molecule has 0 unspecified atom stereocenters. The molecule has 0 aromatic heterocycles. The average Bonchev–Trinajstić information content (AvgIpc) is 2.31. The zero-order chi connectivity index (χ0) is 13.7. The van der Waals surface area contributed by atoms with E-state index in [-0.39, 0.29) is 13.1 Å². The average molecular weight is 256 g/mol. The Bertz CT molecular complexity index is 346. The van der Waals surface area contributed by atoms with Gasteiger partial charge in [0.15, 0.2) is 0 Å². The van der Waals surface area contributed by atoms with E-state index in [0.29, 0.717) is 0 Å². The van der Waals surface area contributed by atoms with Crippen LogP contribution in [-0.2, 0) is 19.2 Å². The van der Waals surface area contributed by atoms with Gasteiger partial charge in [0, 0.05) is 0 Å². The molecule has 1 rings (SSSR count). The Morgan fingerprint density at radius 1 is 0.778 bits per heavy atom. The summed E-state index contributed by atoms with van der Waals surface area (Å²) >= 11 is 0. The van der Waals surface area contributed by atoms with Crippen molar-refractivity contribution in [2.24, 2.45) is 0 Å². The van der Waals surface area contributed by atoms with Crippen LogP contribution in [-0.4, -0.2) is 48.8 Å². The quantitative estimate of drug-likeness (QED) is 0.375. The first-order valence-electron chi connectivity index (χ1n) is 5.54. The molecule has 0 spiro atoms. The Labute approximate surface area is 104 Å². The molecule has 1 aliphatic heterocycles. The molecule has 100 valence electrons. The summed E-state index contributed by atoms with van der Waals surface area (Å²) in [5, 5.41) is 9.52. The molecule has 1 heterocycles. The molecule has 0 bridgehead atoms. The lowest BCUT2D eigenvalue weighted by molar-refractivity contribution is -0.133. The Morgan fingerprint density at radius 2 is 1.11 bits per heavy atom. The highest BCUT2D eigenvalue weighted by atomic mass is 16.2. The zero-order valence-electron chi connectivity index (χ0n) is 10.2. The summed E-state index contributed by atoms with van der Waals surface area (Å²) in [6.07, 6.45) is 0. The Balaban J connectivity index is 2.72. The van der Waals surface area contributed by atoms with Gasteiger partial charge in [-0.15, -0.1) is 0 Å². The van der Waals surface area contributed by atoms with Gasteiger partial charge in [-0.25, -0.2) is 0 Å². The Kier molecular flexibility index (Phi) is 4.64. The van der Waals surface area contributed by atoms with Gasteiger partial charge in [-0.3, -0.25) is 19.2 Å². The minimum absolute atomic E-state index is 0.239. The van der Waals surface area contributed by atoms with Crippen molar-refractivity contribution in [3.8, 4) is 0 Å². The van der Waals surface area contributed by atoms with Gasteiger partial charge >= 0.3 is 0 Å². The number of carbonyl (C=O) groups excluding carboxylic acids is 4. The van der Waals surface area contributed by atoms with Crippen LogP contribution in [0.2, 0.25) is 0 Å². The first kappa shape index (κ1) is 13.9. The Morgan fingerprint density at radius 3 is 1.44 bits per heavy atom. The first-order chi connectivity index (χ1) is 8.40. The number of amides is 4. The summed E-state index contributed by atoms with van der Waals surface area (Å²) in [6.45, 7) is 2.50. The predicted molar refractivity (Wildman–Crippen MR) is 61.2 cm³/mol. The molecule has 1 fully saturated rings. The molecule has 0 aromatic rings. The molecule has 4 amide bonds. The van der Waals surface area contributed by atoms with Crippen LogP contribution in [0, 0.1) is 0 Å². The number of hydrogen-bond donors (Lipinski definition) is 4. The van der Waals surface area contributed by atoms with Crippen LogP contribution in [0.4, 0.5) is 0 Å². The highest BCUT2D eigenvalue weighted by Gasteiger charge is 2.21. The van der Waals surface area contributed by atoms with Crippen LogP contribution < -0.4 is 21.3 Å². The fourth-order valence-electron chi connectivity index (χ4n) is 1.36. The van der Waals surface area contributed by atoms with Crippen molar-refractivity contribution in [2.75, 3.05) is 13.1 Å². The van der Waals surface area contributed by atoms with E-state index in [0.717, 1.165) is 0 Å². The van der Waals surface area contributed by atoms with E-state index in [9.17, 15) is 19.2 Å². The van der Waals surface area contributed by atoms with E-state index >= 15 is 0 Å². The second-order valence-electron chi connectivity index (χ2n) is 4.01. The van der Waals surface area contributed by atoms with Crippen LogP contribution in [0.25, 0.3) is 0 Å². The molecule has 0 radical (unpaired) electrons. The van der Waals surface area contributed by atoms with E-state index in [1.807, 2.05) is 0 Å². The fourth-order valence-corrected chi connectivity index (χ4v) is 1.36. The number of nitrogens with one attached hydrogen (secondary N) is 4. The van der Waals surface area contributed by atoms with Gasteiger partial charge < -0.3 is 21.3 Å². The summed E-state index contributed by atoms with van der Waals surface area (Å²) < 4.78 is 0. The van der Waals surface area contributed by atoms with Gasteiger partial charge in [0.25, 0.3) is 0 Å². The van der Waals surface area contributed by atoms with Gasteiger partial charge in [0.2, 0.25) is 23.6 Å². The molecule has 8 heteroatoms. The SMILES string of the molecule is C[C@@H]1NC(=O)CNC(=O)[C@H](C)NC(=O)CNC1=O. The maximum absolute atomic E-state index is 11.5. The maximum atomic E-state index is 11.5. The molecule has 1 saturated heterocycles. The largest absolute Gasteiger partial charge is 0.345 e. The molecule has 0 aromatic carbocycles. The number of hydrogen-bond acceptors (Lipinski definition) is 4. The van der Waals surface area contributed by atoms with E-state index in [1.54, 1.807) is 0 Å². The number of carbonyl (C=O) groups is 4. The standard InChI is InChI=1S/C10H16N4O4/c1-5-9(17)11-4-8(16)14-6(2)10(18)12-3-7(15)13-5/h5-6H,3-4H2,1-2H3,(H,11,17)(H,12,18)(H,13,15)(H,14,16)/t5-,6-/m0/s1. The van der Waals surface area contributed by atoms with Crippen LogP contribution in [0.1, 0.15) is 13.8 Å². The predicted octanol–water partition coefficient (Wildman–Crippen LogP) is -2.76. The van der Waals surface area contributed by atoms with Crippen molar-refractivity contribution in [2.45, 2.75) is 25.9 Å². The second-order valence-corrected chi connectivity index (χ2v) is 4.01. The lowest BCUT2D eigenvalue weighted by Gasteiger charge is -2.18. The van der Waals surface area contributed by atoms with Gasteiger partial charge in [-0.05, 0) is 13.8 Å². The summed E-state index contributed by atoms with van der Waals surface area (Å²) in [4.78, 5) is 45.7. The molecule has 2 atom stereocenters. The van der Waals surface area contributed by atoms with E-state index < -0.39 is 35.7 Å². The molecule has 18 heavy (non-hydrogen) atoms. The third-order valence-corrected chi connectivity index (χ3v) is 2.39. The van der Waals surface area contributed by atoms with Crippen molar-refractivity contribution in [3.63, 3.8) is 0 Å². The van der Waals surface area contributed by atoms with Crippen LogP contribution in [0.5, 0.6) is 0 Å². The lowest BCUT2D eigenvalue weighted by atomic mass is 10.2. The lowest BCUT2D eigenvalue weighted by Crippen LogP contribution is -2.54. The van der Waals surface area contributed by atoms with Crippen molar-refractivity contribution in [1.29, 1.82) is 0 Å². The smallest absolute Gasteiger partial charge is 0.242 e. The highest BCUT2D eigenvalue weighted by molar-refractivity contribution is 5.94. The third kappa shape index (κ3) is 4.04. The van der Waals surface area contributed by atoms with Crippen molar-refractivity contribution in [3.05, 3.63) is 0 Å². The summed E-state index contributed by atoms with van der Waals surface area (Å²) in [5.74, 6) is -1.86. The van der Waals surface area contributed by atoms with Gasteiger partial charge in [-0.2, -0.15) is 0 Å². The van der Waals surface area contributed by atoms with Gasteiger partial charge in [0.05, 0.1) is 13.1 Å². The summed E-state index contributed by atoms with van der Waals surface area (Å²) in [5.41, 5.74) is 0. The van der Waals surface area contributed by atoms with E-state index in [1.165, 1.54) is 13.8 Å². The minimum atomic E-state index is -0.765. The molecular formula is C10H16N4O4. The van der Waals surface area contributed by atoms with Crippen LogP contribution in [0.3, 0.4) is 0 Å². The zero-order valence-corrected chi connectivity index (χ0v) is 10.2. The molecule has 4 N–H and O–H groups in total. The first-order valence-corrected chi connectivity index (χ1v) is 5.54. The van der Waals surface area contributed by atoms with E-state index in [2.05, 4.69) is 21.3 Å². The summed E-state index contributed by atoms with van der Waals surface area (Å²) in [7, 11) is 0. The Hall–Kier alpha value is -2.12. The van der Waals surface area contributed by atoms with Crippen molar-refractivity contribution >= 4 is 23.6 Å². The maximum Gasteiger partial charge on any atom is 0.242 e. The normalized spacial score (nSPS) is 27.0. The van der Waals surface area contributed by atoms with Crippen molar-refractivity contribution < 1.29 is 19.2 Å². The highest BCUT2D eigenvalue weighted by Crippen LogP contribution is 1.86. The van der Waals surface area contributed by atoms with Crippen molar-refractivity contribution in [1.82, 2.24) is 21.3 Å². The van der Waals surface area contributed by atoms with Gasteiger partial charge in [-0.1, -0.05) is 0 Å². The third-order valence-electron chi connectivity index (χ3n) is 2.39.